The van der Waals surface area contributed by atoms with Gasteiger partial charge in [-0.1, -0.05) is 0 Å². The van der Waals surface area contributed by atoms with Crippen LogP contribution in [-0.4, -0.2) is 79.8 Å². The summed E-state index contributed by atoms with van der Waals surface area (Å²) in [6.45, 7) is 20.4. The molecule has 3 nitrogen and oxygen atoms in total. The van der Waals surface area contributed by atoms with Crippen LogP contribution in [0.5, 0.6) is 0 Å². The minimum atomic E-state index is -0.153. The van der Waals surface area contributed by atoms with Gasteiger partial charge in [-0.15, -0.1) is 0 Å². The Morgan fingerprint density at radius 3 is 1.45 bits per heavy atom. The van der Waals surface area contributed by atoms with Crippen molar-refractivity contribution in [1.82, 2.24) is 0 Å². The monoisotopic (exact) mass is 604 g/mol. The quantitative estimate of drug-likeness (QED) is 0.370. The average molecular weight is 601 g/mol. The topological polar surface area (TPSA) is 27.7 Å². The molecular formula is C16H39GeO3SbTe. The molecule has 0 saturated heterocycles. The molecule has 22 heavy (non-hydrogen) atoms. The van der Waals surface area contributed by atoms with Crippen molar-refractivity contribution < 1.29 is 9.88 Å². The van der Waals surface area contributed by atoms with Crippen molar-refractivity contribution in [2.75, 3.05) is 0 Å². The van der Waals surface area contributed by atoms with Gasteiger partial charge in [-0.25, -0.2) is 0 Å². The molecule has 0 aromatic rings. The van der Waals surface area contributed by atoms with Crippen molar-refractivity contribution >= 4 is 63.0 Å². The van der Waals surface area contributed by atoms with E-state index in [0.29, 0.717) is 40.5 Å². The number of rotatable bonds is 9. The molecule has 0 N–H and O–H groups in total. The van der Waals surface area contributed by atoms with Gasteiger partial charge in [-0.05, 0) is 0 Å². The maximum absolute atomic E-state index is 6.23. The van der Waals surface area contributed by atoms with Gasteiger partial charge in [0.1, 0.15) is 0 Å². The molecule has 0 fully saturated rings. The number of hydrogen-bond acceptors (Lipinski definition) is 3. The Balaban J connectivity index is 5.50. The maximum atomic E-state index is 6.23. The molecule has 5 atom stereocenters. The second-order valence-electron chi connectivity index (χ2n) is 7.99. The van der Waals surface area contributed by atoms with Gasteiger partial charge in [0.15, 0.2) is 0 Å². The van der Waals surface area contributed by atoms with E-state index >= 15 is 0 Å². The summed E-state index contributed by atoms with van der Waals surface area (Å²) in [6.07, 6.45) is 0. The molecule has 0 heterocycles. The summed E-state index contributed by atoms with van der Waals surface area (Å²) in [6, 6.07) is 0. The van der Waals surface area contributed by atoms with E-state index in [4.69, 9.17) is 9.88 Å². The molecule has 0 saturated carbocycles. The average Bonchev–Trinajstić information content (AvgIpc) is 2.50. The van der Waals surface area contributed by atoms with Crippen molar-refractivity contribution in [3.63, 3.8) is 0 Å². The van der Waals surface area contributed by atoms with E-state index in [1.54, 1.807) is 0 Å². The molecule has 0 aliphatic carbocycles. The van der Waals surface area contributed by atoms with Crippen LogP contribution in [0.2, 0.25) is 0 Å². The Morgan fingerprint density at radius 2 is 1.18 bits per heavy atom. The Hall–Kier alpha value is 2.03. The van der Waals surface area contributed by atoms with Gasteiger partial charge in [0.2, 0.25) is 0 Å². The van der Waals surface area contributed by atoms with Gasteiger partial charge in [0.05, 0.1) is 0 Å². The van der Waals surface area contributed by atoms with Crippen LogP contribution < -0.4 is 0 Å². The van der Waals surface area contributed by atoms with Gasteiger partial charge in [-0.3, -0.25) is 0 Å². The van der Waals surface area contributed by atoms with E-state index < -0.39 is 0 Å². The zero-order valence-corrected chi connectivity index (χ0v) is 27.0. The van der Waals surface area contributed by atoms with Crippen molar-refractivity contribution in [3.05, 3.63) is 0 Å². The Kier molecular flexibility index (Phi) is 9.95. The summed E-state index contributed by atoms with van der Waals surface area (Å²) in [7, 11) is 0. The van der Waals surface area contributed by atoms with E-state index in [9.17, 15) is 0 Å². The van der Waals surface area contributed by atoms with Gasteiger partial charge in [0.25, 0.3) is 0 Å². The summed E-state index contributed by atoms with van der Waals surface area (Å²) in [5, 5.41) is 0. The van der Waals surface area contributed by atoms with E-state index in [0.717, 1.165) is 46.1 Å². The van der Waals surface area contributed by atoms with Crippen LogP contribution in [0.3, 0.4) is 0 Å². The van der Waals surface area contributed by atoms with Gasteiger partial charge in [-0.2, -0.15) is 0 Å². The second-order valence-corrected chi connectivity index (χ2v) is 10.2. The normalized spacial score (nSPS) is 22.2. The van der Waals surface area contributed by atoms with E-state index in [1.165, 1.54) is 0 Å². The fourth-order valence-electron chi connectivity index (χ4n) is 3.12. The second kappa shape index (κ2) is 9.11. The molecule has 0 radical (unpaired) electrons. The minimum absolute atomic E-state index is 0.0774. The third-order valence-corrected chi connectivity index (χ3v) is 12.0. The van der Waals surface area contributed by atoms with Crippen molar-refractivity contribution in [1.29, 1.82) is 0 Å². The van der Waals surface area contributed by atoms with Gasteiger partial charge < -0.3 is 0 Å². The molecule has 0 aromatic carbocycles. The first-order valence-electron chi connectivity index (χ1n) is 8.12. The first kappa shape index (κ1) is 24.0. The Bertz CT molecular complexity index is 324. The summed E-state index contributed by atoms with van der Waals surface area (Å²) in [5.74, 6) is 1.70. The Labute approximate surface area is 174 Å². The van der Waals surface area contributed by atoms with E-state index in [-0.39, 0.29) is 16.8 Å². The van der Waals surface area contributed by atoms with Crippen LogP contribution in [0.1, 0.15) is 62.3 Å². The molecule has 0 aliphatic rings. The van der Waals surface area contributed by atoms with E-state index in [1.807, 2.05) is 0 Å². The predicted octanol–water partition coefficient (Wildman–Crippen LogP) is 1.01. The van der Waals surface area contributed by atoms with E-state index in [2.05, 4.69) is 62.3 Å². The predicted molar refractivity (Wildman–Crippen MR) is 105 cm³/mol. The van der Waals surface area contributed by atoms with Crippen LogP contribution in [0, 0.1) is 23.7 Å². The third kappa shape index (κ3) is 5.26. The SMILES string of the molecule is CC(C(C)C(C)(O[TeH3])C(C)C(C)C(C)(C)[O][SbH2])C(C)(C)[O][GeH3]. The molecule has 0 amide bonds. The van der Waals surface area contributed by atoms with Gasteiger partial charge in [0, 0.05) is 0 Å². The summed E-state index contributed by atoms with van der Waals surface area (Å²) >= 11 is 2.06. The molecular weight excluding hydrogens is 562 g/mol. The first-order chi connectivity index (χ1) is 9.81. The molecule has 136 valence electrons. The van der Waals surface area contributed by atoms with Crippen molar-refractivity contribution in [3.8, 4) is 0 Å². The molecule has 0 aliphatic heterocycles. The Morgan fingerprint density at radius 1 is 0.818 bits per heavy atom. The van der Waals surface area contributed by atoms with Crippen LogP contribution in [0.15, 0.2) is 0 Å². The zero-order chi connectivity index (χ0) is 17.9. The fraction of sp³-hybridized carbons (Fsp3) is 1.00. The van der Waals surface area contributed by atoms with Crippen molar-refractivity contribution in [2.24, 2.45) is 23.7 Å². The van der Waals surface area contributed by atoms with Crippen LogP contribution in [0.25, 0.3) is 0 Å². The molecule has 5 unspecified atom stereocenters. The molecule has 6 heteroatoms. The summed E-state index contributed by atoms with van der Waals surface area (Å²) in [4.78, 5) is 0. The molecule has 0 rings (SSSR count). The fourth-order valence-corrected chi connectivity index (χ4v) is 5.74. The van der Waals surface area contributed by atoms with Crippen LogP contribution in [0.4, 0.5) is 0 Å². The first-order valence-corrected chi connectivity index (χ1v) is 12.5. The number of hydrogen-bond donors (Lipinski definition) is 0. The molecule has 0 aromatic heterocycles. The zero-order valence-electron chi connectivity index (χ0n) is 16.2. The van der Waals surface area contributed by atoms with Crippen molar-refractivity contribution in [2.45, 2.75) is 79.1 Å². The summed E-state index contributed by atoms with van der Waals surface area (Å²) < 4.78 is 18.0. The third-order valence-electron chi connectivity index (χ3n) is 6.59. The molecule has 0 spiro atoms. The summed E-state index contributed by atoms with van der Waals surface area (Å²) in [5.41, 5.74) is -0.330. The molecule has 0 bridgehead atoms. The van der Waals surface area contributed by atoms with Gasteiger partial charge >= 0.3 is 176 Å². The standard InChI is InChI=1S/C16H37GeO3Te.Sb.2H/c1-10(14(5,6)18)12(3)16(9,20-21)13(4)11(2)15(7,8)19-17;;;/h10-13H,1-9,17,21H3;;;/q-1;+1;;. The van der Waals surface area contributed by atoms with Crippen LogP contribution >= 0.6 is 0 Å². The van der Waals surface area contributed by atoms with Crippen LogP contribution in [-0.2, 0) is 9.88 Å².